The molecule has 0 radical (unpaired) electrons. The summed E-state index contributed by atoms with van der Waals surface area (Å²) in [7, 11) is 0. The van der Waals surface area contributed by atoms with Gasteiger partial charge in [0.05, 0.1) is 15.0 Å². The van der Waals surface area contributed by atoms with Gasteiger partial charge in [0.2, 0.25) is 0 Å². The number of aromatic nitrogens is 2. The predicted molar refractivity (Wildman–Crippen MR) is 85.8 cm³/mol. The number of halogens is 2. The molecule has 0 bridgehead atoms. The smallest absolute Gasteiger partial charge is 0.270 e. The molecule has 0 aliphatic rings. The van der Waals surface area contributed by atoms with E-state index in [1.54, 1.807) is 13.0 Å². The van der Waals surface area contributed by atoms with Gasteiger partial charge in [-0.15, -0.1) is 0 Å². The monoisotopic (exact) mass is 449 g/mol. The lowest BCUT2D eigenvalue weighted by molar-refractivity contribution is -0.384. The van der Waals surface area contributed by atoms with Crippen LogP contribution < -0.4 is 5.56 Å². The van der Waals surface area contributed by atoms with Crippen LogP contribution in [-0.2, 0) is 6.54 Å². The summed E-state index contributed by atoms with van der Waals surface area (Å²) in [5, 5.41) is 10.7. The standard InChI is InChI=1S/C12H9BrIN3O3/c1-7-15-5-11(14)12(18)16(7)6-8-2-3-9(17(19)20)4-10(8)13/h2-5H,6H2,1H3. The lowest BCUT2D eigenvalue weighted by Gasteiger charge is -2.10. The third-order valence-corrected chi connectivity index (χ3v) is 4.26. The summed E-state index contributed by atoms with van der Waals surface area (Å²) in [4.78, 5) is 26.5. The van der Waals surface area contributed by atoms with Gasteiger partial charge in [0.1, 0.15) is 5.82 Å². The third-order valence-electron chi connectivity index (χ3n) is 2.78. The lowest BCUT2D eigenvalue weighted by atomic mass is 10.2. The second-order valence-corrected chi connectivity index (χ2v) is 6.09. The molecular weight excluding hydrogens is 441 g/mol. The van der Waals surface area contributed by atoms with Crippen LogP contribution in [0.3, 0.4) is 0 Å². The van der Waals surface area contributed by atoms with E-state index >= 15 is 0 Å². The number of rotatable bonds is 3. The zero-order valence-electron chi connectivity index (χ0n) is 10.3. The summed E-state index contributed by atoms with van der Waals surface area (Å²) in [6.07, 6.45) is 1.53. The number of nitro benzene ring substituents is 1. The van der Waals surface area contributed by atoms with Crippen LogP contribution in [0.25, 0.3) is 0 Å². The molecule has 104 valence electrons. The predicted octanol–water partition coefficient (Wildman–Crippen LogP) is 2.88. The Morgan fingerprint density at radius 3 is 2.80 bits per heavy atom. The van der Waals surface area contributed by atoms with E-state index in [0.717, 1.165) is 5.56 Å². The minimum absolute atomic E-state index is 0.00506. The Morgan fingerprint density at radius 1 is 1.50 bits per heavy atom. The molecular formula is C12H9BrIN3O3. The van der Waals surface area contributed by atoms with Crippen molar-refractivity contribution in [3.8, 4) is 0 Å². The summed E-state index contributed by atoms with van der Waals surface area (Å²) >= 11 is 5.23. The summed E-state index contributed by atoms with van der Waals surface area (Å²) < 4.78 is 2.66. The fourth-order valence-electron chi connectivity index (χ4n) is 1.69. The second-order valence-electron chi connectivity index (χ2n) is 4.08. The highest BCUT2D eigenvalue weighted by molar-refractivity contribution is 14.1. The average molecular weight is 450 g/mol. The molecule has 0 saturated heterocycles. The van der Waals surface area contributed by atoms with Gasteiger partial charge < -0.3 is 0 Å². The molecule has 6 nitrogen and oxygen atoms in total. The van der Waals surface area contributed by atoms with Crippen molar-refractivity contribution < 1.29 is 4.92 Å². The zero-order chi connectivity index (χ0) is 14.9. The van der Waals surface area contributed by atoms with Crippen molar-refractivity contribution in [2.75, 3.05) is 0 Å². The number of non-ortho nitro benzene ring substituents is 1. The maximum atomic E-state index is 12.1. The maximum Gasteiger partial charge on any atom is 0.270 e. The molecule has 2 aromatic rings. The van der Waals surface area contributed by atoms with Crippen LogP contribution in [0.5, 0.6) is 0 Å². The van der Waals surface area contributed by atoms with Crippen LogP contribution in [0.15, 0.2) is 33.7 Å². The topological polar surface area (TPSA) is 78.0 Å². The molecule has 0 aliphatic carbocycles. The maximum absolute atomic E-state index is 12.1. The molecule has 20 heavy (non-hydrogen) atoms. The first-order valence-corrected chi connectivity index (χ1v) is 7.42. The first kappa shape index (κ1) is 15.1. The molecule has 0 fully saturated rings. The molecule has 0 atom stereocenters. The van der Waals surface area contributed by atoms with Crippen molar-refractivity contribution in [1.29, 1.82) is 0 Å². The van der Waals surface area contributed by atoms with Gasteiger partial charge in [-0.2, -0.15) is 0 Å². The van der Waals surface area contributed by atoms with Gasteiger partial charge in [0, 0.05) is 22.8 Å². The fourth-order valence-corrected chi connectivity index (χ4v) is 2.61. The van der Waals surface area contributed by atoms with Crippen LogP contribution in [0, 0.1) is 20.6 Å². The second kappa shape index (κ2) is 6.00. The largest absolute Gasteiger partial charge is 0.291 e. The quantitative estimate of drug-likeness (QED) is 0.410. The fraction of sp³-hybridized carbons (Fsp3) is 0.167. The molecule has 0 saturated carbocycles. The molecule has 2 rings (SSSR count). The lowest BCUT2D eigenvalue weighted by Crippen LogP contribution is -2.26. The number of nitrogens with zero attached hydrogens (tertiary/aromatic N) is 3. The van der Waals surface area contributed by atoms with Crippen LogP contribution in [0.1, 0.15) is 11.4 Å². The van der Waals surface area contributed by atoms with Gasteiger partial charge in [-0.05, 0) is 41.1 Å². The molecule has 0 unspecified atom stereocenters. The number of nitro groups is 1. The van der Waals surface area contributed by atoms with E-state index in [4.69, 9.17) is 0 Å². The van der Waals surface area contributed by atoms with Gasteiger partial charge in [-0.25, -0.2) is 4.98 Å². The minimum atomic E-state index is -0.459. The number of aryl methyl sites for hydroxylation is 1. The molecule has 0 spiro atoms. The van der Waals surface area contributed by atoms with Crippen LogP contribution in [0.2, 0.25) is 0 Å². The Labute approximate surface area is 136 Å². The third kappa shape index (κ3) is 3.06. The van der Waals surface area contributed by atoms with E-state index in [1.165, 1.54) is 22.9 Å². The molecule has 1 aromatic heterocycles. The van der Waals surface area contributed by atoms with Gasteiger partial charge in [0.25, 0.3) is 11.2 Å². The van der Waals surface area contributed by atoms with E-state index in [0.29, 0.717) is 20.4 Å². The molecule has 1 aromatic carbocycles. The van der Waals surface area contributed by atoms with E-state index < -0.39 is 4.92 Å². The Kier molecular flexibility index (Phi) is 4.53. The van der Waals surface area contributed by atoms with Gasteiger partial charge in [-0.1, -0.05) is 15.9 Å². The Balaban J connectivity index is 2.43. The number of hydrogen-bond acceptors (Lipinski definition) is 4. The number of benzene rings is 1. The number of hydrogen-bond donors (Lipinski definition) is 0. The van der Waals surface area contributed by atoms with E-state index in [2.05, 4.69) is 20.9 Å². The molecule has 0 amide bonds. The summed E-state index contributed by atoms with van der Waals surface area (Å²) in [6, 6.07) is 4.48. The van der Waals surface area contributed by atoms with E-state index in [9.17, 15) is 14.9 Å². The van der Waals surface area contributed by atoms with E-state index in [-0.39, 0.29) is 11.2 Å². The van der Waals surface area contributed by atoms with Crippen molar-refractivity contribution in [1.82, 2.24) is 9.55 Å². The highest BCUT2D eigenvalue weighted by atomic mass is 127. The molecule has 0 aliphatic heterocycles. The summed E-state index contributed by atoms with van der Waals surface area (Å²) in [5.41, 5.74) is 0.665. The van der Waals surface area contributed by atoms with Gasteiger partial charge in [0.15, 0.2) is 0 Å². The van der Waals surface area contributed by atoms with Crippen LogP contribution in [0.4, 0.5) is 5.69 Å². The highest BCUT2D eigenvalue weighted by Gasteiger charge is 2.12. The van der Waals surface area contributed by atoms with Crippen molar-refractivity contribution >= 4 is 44.2 Å². The Bertz CT molecular complexity index is 745. The summed E-state index contributed by atoms with van der Waals surface area (Å²) in [5.74, 6) is 0.598. The molecule has 0 N–H and O–H groups in total. The van der Waals surface area contributed by atoms with Crippen molar-refractivity contribution in [3.05, 3.63) is 64.3 Å². The normalized spacial score (nSPS) is 10.6. The van der Waals surface area contributed by atoms with E-state index in [1.807, 2.05) is 22.6 Å². The zero-order valence-corrected chi connectivity index (χ0v) is 14.1. The SMILES string of the molecule is Cc1ncc(I)c(=O)n1Cc1ccc([N+](=O)[O-])cc1Br. The Morgan fingerprint density at radius 2 is 2.20 bits per heavy atom. The first-order chi connectivity index (χ1) is 9.40. The molecule has 8 heteroatoms. The minimum Gasteiger partial charge on any atom is -0.291 e. The first-order valence-electron chi connectivity index (χ1n) is 5.55. The van der Waals surface area contributed by atoms with Crippen molar-refractivity contribution in [2.45, 2.75) is 13.5 Å². The summed E-state index contributed by atoms with van der Waals surface area (Å²) in [6.45, 7) is 2.06. The highest BCUT2D eigenvalue weighted by Crippen LogP contribution is 2.23. The average Bonchev–Trinajstić information content (AvgIpc) is 2.40. The van der Waals surface area contributed by atoms with Crippen LogP contribution in [-0.4, -0.2) is 14.5 Å². The Hall–Kier alpha value is -1.29. The van der Waals surface area contributed by atoms with Gasteiger partial charge >= 0.3 is 0 Å². The van der Waals surface area contributed by atoms with Gasteiger partial charge in [-0.3, -0.25) is 19.5 Å². The van der Waals surface area contributed by atoms with Crippen molar-refractivity contribution in [2.24, 2.45) is 0 Å². The molecule has 1 heterocycles. The van der Waals surface area contributed by atoms with Crippen molar-refractivity contribution in [3.63, 3.8) is 0 Å². The van der Waals surface area contributed by atoms with Crippen LogP contribution >= 0.6 is 38.5 Å².